The summed E-state index contributed by atoms with van der Waals surface area (Å²) in [6, 6.07) is 18.4. The van der Waals surface area contributed by atoms with Gasteiger partial charge in [0.25, 0.3) is 5.91 Å². The molecule has 0 saturated carbocycles. The number of anilines is 2. The van der Waals surface area contributed by atoms with Crippen molar-refractivity contribution in [2.75, 3.05) is 23.9 Å². The van der Waals surface area contributed by atoms with Crippen molar-refractivity contribution in [3.63, 3.8) is 0 Å². The van der Waals surface area contributed by atoms with Gasteiger partial charge in [0.1, 0.15) is 11.8 Å². The molecule has 3 aromatic rings. The lowest BCUT2D eigenvalue weighted by Crippen LogP contribution is -2.48. The quantitative estimate of drug-likeness (QED) is 0.549. The zero-order valence-corrected chi connectivity index (χ0v) is 18.4. The molecule has 4 amide bonds. The fraction of sp³-hybridized carbons (Fsp3) is 0.208. The van der Waals surface area contributed by atoms with Crippen molar-refractivity contribution in [2.24, 2.45) is 0 Å². The van der Waals surface area contributed by atoms with E-state index in [1.807, 2.05) is 35.7 Å². The van der Waals surface area contributed by atoms with Crippen LogP contribution in [-0.2, 0) is 16.0 Å². The van der Waals surface area contributed by atoms with E-state index in [0.717, 1.165) is 9.78 Å². The van der Waals surface area contributed by atoms with Gasteiger partial charge in [0.15, 0.2) is 0 Å². The fourth-order valence-electron chi connectivity index (χ4n) is 3.66. The maximum absolute atomic E-state index is 13.3. The van der Waals surface area contributed by atoms with Crippen molar-refractivity contribution >= 4 is 40.6 Å². The summed E-state index contributed by atoms with van der Waals surface area (Å²) in [6.07, 6.45) is 0.540. The zero-order chi connectivity index (χ0) is 22.5. The predicted molar refractivity (Wildman–Crippen MR) is 124 cm³/mol. The summed E-state index contributed by atoms with van der Waals surface area (Å²) >= 11 is 1.59. The normalized spacial score (nSPS) is 15.7. The van der Waals surface area contributed by atoms with Gasteiger partial charge in [0, 0.05) is 17.1 Å². The standard InChI is InChI=1S/C24H23N3O4S/c1-31-19-11-9-18(10-12-19)27-22(28)16-21(23(27)29)26(14-13-20-8-5-15-32-20)24(30)25-17-6-3-2-4-7-17/h2-12,15,21H,13-14,16H2,1H3,(H,25,30)/t21-/m0/s1. The highest BCUT2D eigenvalue weighted by Gasteiger charge is 2.44. The highest BCUT2D eigenvalue weighted by Crippen LogP contribution is 2.28. The molecule has 0 bridgehead atoms. The Bertz CT molecular complexity index is 1080. The maximum atomic E-state index is 13.3. The number of carbonyl (C=O) groups is 3. The largest absolute Gasteiger partial charge is 0.497 e. The van der Waals surface area contributed by atoms with Crippen molar-refractivity contribution in [1.82, 2.24) is 4.90 Å². The number of benzene rings is 2. The predicted octanol–water partition coefficient (Wildman–Crippen LogP) is 4.17. The summed E-state index contributed by atoms with van der Waals surface area (Å²) in [6.45, 7) is 0.319. The third-order valence-corrected chi connectivity index (χ3v) is 6.23. The van der Waals surface area contributed by atoms with Gasteiger partial charge in [-0.15, -0.1) is 11.3 Å². The number of nitrogens with one attached hydrogen (secondary N) is 1. The number of methoxy groups -OCH3 is 1. The first-order valence-corrected chi connectivity index (χ1v) is 11.1. The average Bonchev–Trinajstić information content (AvgIpc) is 3.43. The first-order chi connectivity index (χ1) is 15.6. The second-order valence-corrected chi connectivity index (χ2v) is 8.34. The fourth-order valence-corrected chi connectivity index (χ4v) is 4.36. The van der Waals surface area contributed by atoms with Crippen LogP contribution in [0.15, 0.2) is 72.1 Å². The van der Waals surface area contributed by atoms with Crippen LogP contribution in [0.4, 0.5) is 16.2 Å². The van der Waals surface area contributed by atoms with Gasteiger partial charge < -0.3 is 15.0 Å². The monoisotopic (exact) mass is 449 g/mol. The van der Waals surface area contributed by atoms with E-state index in [2.05, 4.69) is 5.32 Å². The molecule has 1 atom stereocenters. The molecule has 4 rings (SSSR count). The molecule has 164 valence electrons. The molecule has 0 aliphatic carbocycles. The van der Waals surface area contributed by atoms with Gasteiger partial charge in [-0.25, -0.2) is 9.69 Å². The van der Waals surface area contributed by atoms with Crippen LogP contribution in [0.1, 0.15) is 11.3 Å². The summed E-state index contributed by atoms with van der Waals surface area (Å²) in [7, 11) is 1.55. The van der Waals surface area contributed by atoms with E-state index in [-0.39, 0.29) is 12.3 Å². The number of hydrogen-bond acceptors (Lipinski definition) is 5. The number of nitrogens with zero attached hydrogens (tertiary/aromatic N) is 2. The maximum Gasteiger partial charge on any atom is 0.322 e. The summed E-state index contributed by atoms with van der Waals surface area (Å²) in [5, 5.41) is 4.82. The van der Waals surface area contributed by atoms with Gasteiger partial charge in [-0.2, -0.15) is 0 Å². The number of rotatable bonds is 7. The minimum Gasteiger partial charge on any atom is -0.497 e. The van der Waals surface area contributed by atoms with E-state index in [1.54, 1.807) is 54.8 Å². The SMILES string of the molecule is COc1ccc(N2C(=O)C[C@H](N(CCc3cccs3)C(=O)Nc3ccccc3)C2=O)cc1. The van der Waals surface area contributed by atoms with Crippen molar-refractivity contribution in [2.45, 2.75) is 18.9 Å². The number of amides is 4. The number of thiophene rings is 1. The van der Waals surface area contributed by atoms with Crippen molar-refractivity contribution in [3.8, 4) is 5.75 Å². The van der Waals surface area contributed by atoms with Crippen LogP contribution in [-0.4, -0.2) is 42.4 Å². The van der Waals surface area contributed by atoms with E-state index in [1.165, 1.54) is 4.90 Å². The van der Waals surface area contributed by atoms with Gasteiger partial charge in [-0.05, 0) is 54.3 Å². The van der Waals surface area contributed by atoms with E-state index >= 15 is 0 Å². The highest BCUT2D eigenvalue weighted by molar-refractivity contribution is 7.09. The first kappa shape index (κ1) is 21.6. The number of ether oxygens (including phenoxy) is 1. The highest BCUT2D eigenvalue weighted by atomic mass is 32.1. The Morgan fingerprint density at radius 3 is 2.50 bits per heavy atom. The van der Waals surface area contributed by atoms with Crippen LogP contribution in [0.2, 0.25) is 0 Å². The van der Waals surface area contributed by atoms with Crippen molar-refractivity contribution in [1.29, 1.82) is 0 Å². The second-order valence-electron chi connectivity index (χ2n) is 7.30. The van der Waals surface area contributed by atoms with Crippen LogP contribution in [0.5, 0.6) is 5.75 Å². The van der Waals surface area contributed by atoms with Gasteiger partial charge in [-0.1, -0.05) is 24.3 Å². The van der Waals surface area contributed by atoms with Gasteiger partial charge in [-0.3, -0.25) is 9.59 Å². The Hall–Kier alpha value is -3.65. The topological polar surface area (TPSA) is 79.0 Å². The molecular weight excluding hydrogens is 426 g/mol. The van der Waals surface area contributed by atoms with E-state index < -0.39 is 18.0 Å². The molecule has 1 fully saturated rings. The van der Waals surface area contributed by atoms with Crippen LogP contribution in [0.3, 0.4) is 0 Å². The molecule has 32 heavy (non-hydrogen) atoms. The Morgan fingerprint density at radius 1 is 1.09 bits per heavy atom. The number of urea groups is 1. The van der Waals surface area contributed by atoms with Crippen LogP contribution in [0, 0.1) is 0 Å². The lowest BCUT2D eigenvalue weighted by molar-refractivity contribution is -0.122. The molecule has 2 heterocycles. The number of imide groups is 1. The Morgan fingerprint density at radius 2 is 1.84 bits per heavy atom. The first-order valence-electron chi connectivity index (χ1n) is 10.2. The van der Waals surface area contributed by atoms with E-state index in [4.69, 9.17) is 4.74 Å². The van der Waals surface area contributed by atoms with E-state index in [9.17, 15) is 14.4 Å². The summed E-state index contributed by atoms with van der Waals surface area (Å²) in [5.41, 5.74) is 1.09. The third-order valence-electron chi connectivity index (χ3n) is 5.29. The number of carbonyl (C=O) groups excluding carboxylic acids is 3. The van der Waals surface area contributed by atoms with Gasteiger partial charge >= 0.3 is 6.03 Å². The van der Waals surface area contributed by atoms with Crippen molar-refractivity contribution in [3.05, 3.63) is 77.0 Å². The van der Waals surface area contributed by atoms with Crippen LogP contribution >= 0.6 is 11.3 Å². The average molecular weight is 450 g/mol. The van der Waals surface area contributed by atoms with E-state index in [0.29, 0.717) is 30.1 Å². The molecule has 1 saturated heterocycles. The zero-order valence-electron chi connectivity index (χ0n) is 17.6. The molecule has 1 N–H and O–H groups in total. The summed E-state index contributed by atoms with van der Waals surface area (Å²) in [5.74, 6) is -0.113. The van der Waals surface area contributed by atoms with Crippen LogP contribution in [0.25, 0.3) is 0 Å². The summed E-state index contributed by atoms with van der Waals surface area (Å²) in [4.78, 5) is 43.0. The van der Waals surface area contributed by atoms with Crippen molar-refractivity contribution < 1.29 is 19.1 Å². The van der Waals surface area contributed by atoms with Gasteiger partial charge in [0.05, 0.1) is 19.2 Å². The molecule has 0 unspecified atom stereocenters. The molecule has 0 spiro atoms. The molecule has 7 nitrogen and oxygen atoms in total. The lowest BCUT2D eigenvalue weighted by atomic mass is 10.2. The summed E-state index contributed by atoms with van der Waals surface area (Å²) < 4.78 is 5.15. The van der Waals surface area contributed by atoms with Gasteiger partial charge in [0.2, 0.25) is 5.91 Å². The van der Waals surface area contributed by atoms with Crippen LogP contribution < -0.4 is 15.0 Å². The minimum absolute atomic E-state index is 0.0580. The molecule has 0 radical (unpaired) electrons. The minimum atomic E-state index is -0.867. The number of hydrogen-bond donors (Lipinski definition) is 1. The lowest BCUT2D eigenvalue weighted by Gasteiger charge is -2.27. The Labute approximate surface area is 190 Å². The molecular formula is C24H23N3O4S. The Balaban J connectivity index is 1.56. The smallest absolute Gasteiger partial charge is 0.322 e. The molecule has 1 aromatic heterocycles. The Kier molecular flexibility index (Phi) is 6.51. The third kappa shape index (κ3) is 4.65. The second kappa shape index (κ2) is 9.65. The number of para-hydroxylation sites is 1. The molecule has 1 aliphatic heterocycles. The molecule has 2 aromatic carbocycles. The molecule has 8 heteroatoms. The molecule has 1 aliphatic rings.